The zero-order valence-electron chi connectivity index (χ0n) is 14.7. The monoisotopic (exact) mass is 298 g/mol. The third-order valence-electron chi connectivity index (χ3n) is 3.85. The number of methoxy groups -OCH3 is 1. The first-order valence-corrected chi connectivity index (χ1v) is 9.88. The van der Waals surface area contributed by atoms with E-state index in [1.54, 1.807) is 13.8 Å². The quantitative estimate of drug-likeness (QED) is 0.450. The maximum Gasteiger partial charge on any atom is 0.236 e. The third-order valence-corrected chi connectivity index (χ3v) is 8.48. The fraction of sp³-hybridized carbons (Fsp3) is 0.812. The van der Waals surface area contributed by atoms with Gasteiger partial charge in [0.15, 0.2) is 8.32 Å². The van der Waals surface area contributed by atoms with E-state index in [1.165, 1.54) is 7.11 Å². The van der Waals surface area contributed by atoms with Crippen LogP contribution in [0.5, 0.6) is 0 Å². The van der Waals surface area contributed by atoms with Crippen molar-refractivity contribution in [1.82, 2.24) is 0 Å². The highest BCUT2D eigenvalue weighted by molar-refractivity contribution is 6.74. The second-order valence-electron chi connectivity index (χ2n) is 7.67. The molecule has 0 saturated heterocycles. The molecule has 0 aliphatic rings. The molecule has 0 saturated carbocycles. The van der Waals surface area contributed by atoms with Crippen molar-refractivity contribution >= 4 is 14.1 Å². The zero-order chi connectivity index (χ0) is 16.4. The summed E-state index contributed by atoms with van der Waals surface area (Å²) in [6, 6.07) is 0. The molecule has 0 fully saturated rings. The third kappa shape index (κ3) is 5.39. The van der Waals surface area contributed by atoms with E-state index in [2.05, 4.69) is 45.7 Å². The van der Waals surface area contributed by atoms with E-state index in [-0.39, 0.29) is 10.8 Å². The molecule has 0 atom stereocenters. The number of carbonyl (C=O) groups excluding carboxylic acids is 1. The molecule has 4 heteroatoms. The molecule has 20 heavy (non-hydrogen) atoms. The van der Waals surface area contributed by atoms with Gasteiger partial charge in [-0.1, -0.05) is 26.7 Å². The van der Waals surface area contributed by atoms with Crippen LogP contribution < -0.4 is 0 Å². The smallest absolute Gasteiger partial charge is 0.236 e. The molecule has 0 aromatic rings. The van der Waals surface area contributed by atoms with E-state index in [0.717, 1.165) is 0 Å². The lowest BCUT2D eigenvalue weighted by Gasteiger charge is -2.40. The highest BCUT2D eigenvalue weighted by atomic mass is 28.4. The van der Waals surface area contributed by atoms with Crippen LogP contribution >= 0.6 is 0 Å². The Morgan fingerprint density at radius 2 is 1.45 bits per heavy atom. The number of hydrogen-bond donors (Lipinski definition) is 0. The van der Waals surface area contributed by atoms with Crippen molar-refractivity contribution in [3.8, 4) is 11.8 Å². The molecule has 0 aromatic heterocycles. The van der Waals surface area contributed by atoms with Gasteiger partial charge in [0.2, 0.25) is 5.78 Å². The summed E-state index contributed by atoms with van der Waals surface area (Å²) in [5.74, 6) is 5.40. The van der Waals surface area contributed by atoms with Crippen molar-refractivity contribution in [3.05, 3.63) is 0 Å². The van der Waals surface area contributed by atoms with Crippen molar-refractivity contribution in [3.63, 3.8) is 0 Å². The maximum absolute atomic E-state index is 12.0. The Balaban J connectivity index is 5.09. The van der Waals surface area contributed by atoms with Crippen LogP contribution in [-0.4, -0.2) is 32.4 Å². The Bertz CT molecular complexity index is 417. The Morgan fingerprint density at radius 3 is 1.80 bits per heavy atom. The molecular weight excluding hydrogens is 268 g/mol. The first kappa shape index (κ1) is 19.4. The highest BCUT2D eigenvalue weighted by Gasteiger charge is 2.41. The van der Waals surface area contributed by atoms with Gasteiger partial charge in [-0.15, -0.1) is 0 Å². The molecule has 0 unspecified atom stereocenters. The second kappa shape index (κ2) is 6.01. The molecule has 0 aliphatic heterocycles. The van der Waals surface area contributed by atoms with Crippen LogP contribution in [0.25, 0.3) is 0 Å². The predicted octanol–water partition coefficient (Wildman–Crippen LogP) is 3.78. The van der Waals surface area contributed by atoms with Gasteiger partial charge in [0.05, 0.1) is 0 Å². The minimum absolute atomic E-state index is 0.113. The second-order valence-corrected chi connectivity index (χ2v) is 12.4. The molecule has 116 valence electrons. The van der Waals surface area contributed by atoms with Crippen molar-refractivity contribution < 1.29 is 14.0 Å². The average Bonchev–Trinajstić information content (AvgIpc) is 2.22. The molecule has 0 heterocycles. The minimum Gasteiger partial charge on any atom is -0.401 e. The van der Waals surface area contributed by atoms with Crippen LogP contribution in [0.4, 0.5) is 0 Å². The van der Waals surface area contributed by atoms with Gasteiger partial charge in [0.1, 0.15) is 11.2 Å². The van der Waals surface area contributed by atoms with Gasteiger partial charge in [-0.3, -0.25) is 4.79 Å². The van der Waals surface area contributed by atoms with Gasteiger partial charge in [0.25, 0.3) is 0 Å². The summed E-state index contributed by atoms with van der Waals surface area (Å²) in [7, 11) is -0.401. The number of ether oxygens (including phenoxy) is 1. The lowest BCUT2D eigenvalue weighted by molar-refractivity contribution is -0.130. The SMILES string of the molecule is COC(C)(C)C(=O)C#CC(C)(C)O[Si](C)(C)C(C)(C)C. The summed E-state index contributed by atoms with van der Waals surface area (Å²) in [5, 5.41) is 0.113. The summed E-state index contributed by atoms with van der Waals surface area (Å²) < 4.78 is 11.4. The molecule has 0 spiro atoms. The molecule has 0 radical (unpaired) electrons. The number of carbonyl (C=O) groups is 1. The Labute approximate surface area is 125 Å². The predicted molar refractivity (Wildman–Crippen MR) is 86.2 cm³/mol. The summed E-state index contributed by atoms with van der Waals surface area (Å²) >= 11 is 0. The molecule has 0 amide bonds. The van der Waals surface area contributed by atoms with Crippen LogP contribution in [0.15, 0.2) is 0 Å². The van der Waals surface area contributed by atoms with Crippen LogP contribution in [0.3, 0.4) is 0 Å². The molecule has 3 nitrogen and oxygen atoms in total. The van der Waals surface area contributed by atoms with Gasteiger partial charge in [-0.25, -0.2) is 0 Å². The van der Waals surface area contributed by atoms with Crippen LogP contribution in [0, 0.1) is 11.8 Å². The van der Waals surface area contributed by atoms with Gasteiger partial charge in [0, 0.05) is 7.11 Å². The Kier molecular flexibility index (Phi) is 5.82. The van der Waals surface area contributed by atoms with Crippen LogP contribution in [0.2, 0.25) is 18.1 Å². The van der Waals surface area contributed by atoms with E-state index >= 15 is 0 Å². The lowest BCUT2D eigenvalue weighted by Crippen LogP contribution is -2.47. The molecule has 0 aromatic carbocycles. The molecular formula is C16H30O3Si. The van der Waals surface area contributed by atoms with E-state index < -0.39 is 19.5 Å². The standard InChI is InChI=1S/C16H30O3Si/c1-14(2,3)20(9,10)19-15(4,5)12-11-13(17)16(6,7)18-8/h1-10H3. The largest absolute Gasteiger partial charge is 0.401 e. The van der Waals surface area contributed by atoms with Crippen LogP contribution in [-0.2, 0) is 14.0 Å². The maximum atomic E-state index is 12.0. The van der Waals surface area contributed by atoms with Crippen molar-refractivity contribution in [2.75, 3.05) is 7.11 Å². The van der Waals surface area contributed by atoms with E-state index in [9.17, 15) is 4.79 Å². The summed E-state index contributed by atoms with van der Waals surface area (Å²) in [6.07, 6.45) is 0. The average molecular weight is 298 g/mol. The molecule has 0 bridgehead atoms. The van der Waals surface area contributed by atoms with E-state index in [1.807, 2.05) is 13.8 Å². The molecule has 0 aliphatic carbocycles. The van der Waals surface area contributed by atoms with Crippen molar-refractivity contribution in [1.29, 1.82) is 0 Å². The van der Waals surface area contributed by atoms with Gasteiger partial charge in [-0.2, -0.15) is 0 Å². The number of ketones is 1. The Morgan fingerprint density at radius 1 is 1.00 bits per heavy atom. The summed E-state index contributed by atoms with van der Waals surface area (Å²) in [4.78, 5) is 12.0. The summed E-state index contributed by atoms with van der Waals surface area (Å²) in [5.41, 5.74) is -1.51. The fourth-order valence-corrected chi connectivity index (χ4v) is 2.90. The van der Waals surface area contributed by atoms with Crippen LogP contribution in [0.1, 0.15) is 48.5 Å². The van der Waals surface area contributed by atoms with Gasteiger partial charge >= 0.3 is 0 Å². The van der Waals surface area contributed by atoms with E-state index in [4.69, 9.17) is 9.16 Å². The highest BCUT2D eigenvalue weighted by Crippen LogP contribution is 2.38. The lowest BCUT2D eigenvalue weighted by atomic mass is 10.0. The molecule has 0 N–H and O–H groups in total. The van der Waals surface area contributed by atoms with E-state index in [0.29, 0.717) is 0 Å². The van der Waals surface area contributed by atoms with Gasteiger partial charge < -0.3 is 9.16 Å². The Hall–Kier alpha value is -0.633. The van der Waals surface area contributed by atoms with Gasteiger partial charge in [-0.05, 0) is 51.7 Å². The first-order chi connectivity index (χ1) is 8.65. The molecule has 0 rings (SSSR count). The van der Waals surface area contributed by atoms with Crippen molar-refractivity contribution in [2.24, 2.45) is 0 Å². The zero-order valence-corrected chi connectivity index (χ0v) is 15.7. The fourth-order valence-electron chi connectivity index (χ4n) is 1.27. The number of rotatable bonds is 4. The minimum atomic E-state index is -1.91. The number of Topliss-reactive ketones (excluding diaryl/α,β-unsaturated/α-hetero) is 1. The normalized spacial score (nSPS) is 13.7. The van der Waals surface area contributed by atoms with Crippen molar-refractivity contribution in [2.45, 2.75) is 77.8 Å². The first-order valence-electron chi connectivity index (χ1n) is 6.97. The summed E-state index contributed by atoms with van der Waals surface area (Å²) in [6.45, 7) is 18.2. The number of hydrogen-bond acceptors (Lipinski definition) is 3. The topological polar surface area (TPSA) is 35.5 Å².